The molecule has 1 N–H and O–H groups in total. The summed E-state index contributed by atoms with van der Waals surface area (Å²) < 4.78 is 0. The highest BCUT2D eigenvalue weighted by Crippen LogP contribution is 2.44. The molecular weight excluding hydrogens is 232 g/mol. The van der Waals surface area contributed by atoms with Gasteiger partial charge >= 0.3 is 0 Å². The molecule has 1 heterocycles. The van der Waals surface area contributed by atoms with Crippen molar-refractivity contribution in [3.63, 3.8) is 0 Å². The number of likely N-dealkylation sites (tertiary alicyclic amines) is 1. The van der Waals surface area contributed by atoms with E-state index in [0.717, 1.165) is 18.4 Å². The van der Waals surface area contributed by atoms with Crippen LogP contribution >= 0.6 is 0 Å². The summed E-state index contributed by atoms with van der Waals surface area (Å²) >= 11 is 0. The van der Waals surface area contributed by atoms with Crippen molar-refractivity contribution < 1.29 is 10.0 Å². The van der Waals surface area contributed by atoms with Gasteiger partial charge in [-0.3, -0.25) is 15.0 Å². The third-order valence-corrected chi connectivity index (χ3v) is 3.91. The number of benzene rings is 1. The Morgan fingerprint density at radius 1 is 1.39 bits per heavy atom. The van der Waals surface area contributed by atoms with E-state index < -0.39 is 5.60 Å². The van der Waals surface area contributed by atoms with Gasteiger partial charge < -0.3 is 5.11 Å². The van der Waals surface area contributed by atoms with Crippen LogP contribution < -0.4 is 0 Å². The summed E-state index contributed by atoms with van der Waals surface area (Å²) in [7, 11) is 0. The number of aliphatic hydroxyl groups is 1. The number of nitro benzene ring substituents is 1. The van der Waals surface area contributed by atoms with Gasteiger partial charge in [0.2, 0.25) is 0 Å². The molecule has 5 heteroatoms. The molecule has 2 fully saturated rings. The number of rotatable bonds is 4. The summed E-state index contributed by atoms with van der Waals surface area (Å²) in [6.07, 6.45) is 2.24. The van der Waals surface area contributed by atoms with Gasteiger partial charge in [0.15, 0.2) is 0 Å². The minimum atomic E-state index is -0.524. The lowest BCUT2D eigenvalue weighted by atomic mass is 9.88. The molecule has 0 aromatic heterocycles. The maximum Gasteiger partial charge on any atom is 0.273 e. The van der Waals surface area contributed by atoms with Crippen LogP contribution in [0.3, 0.4) is 0 Å². The first-order chi connectivity index (χ1) is 8.58. The van der Waals surface area contributed by atoms with Crippen molar-refractivity contribution in [1.82, 2.24) is 4.90 Å². The zero-order valence-corrected chi connectivity index (χ0v) is 10.1. The Labute approximate surface area is 105 Å². The fourth-order valence-electron chi connectivity index (χ4n) is 2.78. The smallest absolute Gasteiger partial charge is 0.273 e. The van der Waals surface area contributed by atoms with E-state index in [0.29, 0.717) is 25.6 Å². The molecular formula is C13H16N2O3. The summed E-state index contributed by atoms with van der Waals surface area (Å²) in [5.41, 5.74) is 0.364. The molecule has 1 saturated carbocycles. The van der Waals surface area contributed by atoms with E-state index in [1.807, 2.05) is 6.07 Å². The van der Waals surface area contributed by atoms with Crippen molar-refractivity contribution in [3.05, 3.63) is 39.9 Å². The number of β-amino-alcohol motifs (C(OH)–C–C–N with tert-alkyl or cyclic N) is 1. The molecule has 1 aliphatic heterocycles. The normalized spacial score (nSPS) is 22.5. The van der Waals surface area contributed by atoms with Crippen LogP contribution in [0, 0.1) is 16.0 Å². The van der Waals surface area contributed by atoms with Crippen LogP contribution in [0.25, 0.3) is 0 Å². The second kappa shape index (κ2) is 4.03. The SMILES string of the molecule is O=[N+]([O-])c1ccccc1CN1CC(O)(C2CC2)C1. The predicted molar refractivity (Wildman–Crippen MR) is 66.0 cm³/mol. The van der Waals surface area contributed by atoms with Gasteiger partial charge in [-0.1, -0.05) is 18.2 Å². The zero-order valence-electron chi connectivity index (χ0n) is 10.1. The third-order valence-electron chi connectivity index (χ3n) is 3.91. The molecule has 1 saturated heterocycles. The van der Waals surface area contributed by atoms with Crippen LogP contribution in [0.15, 0.2) is 24.3 Å². The van der Waals surface area contributed by atoms with Crippen molar-refractivity contribution in [2.45, 2.75) is 25.0 Å². The topological polar surface area (TPSA) is 66.6 Å². The summed E-state index contributed by atoms with van der Waals surface area (Å²) in [6.45, 7) is 1.83. The molecule has 3 rings (SSSR count). The summed E-state index contributed by atoms with van der Waals surface area (Å²) in [5, 5.41) is 21.1. The largest absolute Gasteiger partial charge is 0.387 e. The fourth-order valence-corrected chi connectivity index (χ4v) is 2.78. The molecule has 5 nitrogen and oxygen atoms in total. The Bertz CT molecular complexity index is 479. The van der Waals surface area contributed by atoms with E-state index in [-0.39, 0.29) is 10.6 Å². The monoisotopic (exact) mass is 248 g/mol. The van der Waals surface area contributed by atoms with Gasteiger partial charge in [-0.15, -0.1) is 0 Å². The van der Waals surface area contributed by atoms with E-state index in [9.17, 15) is 15.2 Å². The van der Waals surface area contributed by atoms with Gasteiger partial charge in [0.25, 0.3) is 5.69 Å². The summed E-state index contributed by atoms with van der Waals surface area (Å²) in [5.74, 6) is 0.458. The second-order valence-corrected chi connectivity index (χ2v) is 5.41. The Hall–Kier alpha value is -1.46. The average Bonchev–Trinajstić information content (AvgIpc) is 3.11. The summed E-state index contributed by atoms with van der Waals surface area (Å²) in [4.78, 5) is 12.6. The van der Waals surface area contributed by atoms with Crippen LogP contribution in [-0.4, -0.2) is 33.6 Å². The Morgan fingerprint density at radius 3 is 2.67 bits per heavy atom. The van der Waals surface area contributed by atoms with Gasteiger partial charge in [0.1, 0.15) is 0 Å². The number of para-hydroxylation sites is 1. The first kappa shape index (κ1) is 11.6. The molecule has 0 amide bonds. The highest BCUT2D eigenvalue weighted by atomic mass is 16.6. The predicted octanol–water partition coefficient (Wildman–Crippen LogP) is 1.55. The van der Waals surface area contributed by atoms with Gasteiger partial charge in [0.05, 0.1) is 10.5 Å². The van der Waals surface area contributed by atoms with Gasteiger partial charge in [-0.05, 0) is 18.8 Å². The average molecular weight is 248 g/mol. The van der Waals surface area contributed by atoms with Crippen molar-refractivity contribution in [3.8, 4) is 0 Å². The minimum Gasteiger partial charge on any atom is -0.387 e. The van der Waals surface area contributed by atoms with E-state index >= 15 is 0 Å². The van der Waals surface area contributed by atoms with Gasteiger partial charge in [-0.25, -0.2) is 0 Å². The highest BCUT2D eigenvalue weighted by Gasteiger charge is 2.51. The number of nitrogens with zero attached hydrogens (tertiary/aromatic N) is 2. The van der Waals surface area contributed by atoms with Crippen LogP contribution in [0.1, 0.15) is 18.4 Å². The molecule has 1 aliphatic carbocycles. The molecule has 1 aromatic carbocycles. The molecule has 0 spiro atoms. The van der Waals surface area contributed by atoms with Crippen molar-refractivity contribution in [1.29, 1.82) is 0 Å². The quantitative estimate of drug-likeness (QED) is 0.648. The molecule has 96 valence electrons. The molecule has 0 unspecified atom stereocenters. The summed E-state index contributed by atoms with van der Waals surface area (Å²) in [6, 6.07) is 6.81. The van der Waals surface area contributed by atoms with Gasteiger partial charge in [0, 0.05) is 31.3 Å². The van der Waals surface area contributed by atoms with E-state index in [1.54, 1.807) is 12.1 Å². The molecule has 2 aliphatic rings. The molecule has 0 radical (unpaired) electrons. The van der Waals surface area contributed by atoms with Crippen molar-refractivity contribution >= 4 is 5.69 Å². The van der Waals surface area contributed by atoms with Crippen LogP contribution in [0.5, 0.6) is 0 Å². The third kappa shape index (κ3) is 2.00. The maximum absolute atomic E-state index is 10.9. The molecule has 0 bridgehead atoms. The van der Waals surface area contributed by atoms with Crippen molar-refractivity contribution in [2.24, 2.45) is 5.92 Å². The zero-order chi connectivity index (χ0) is 12.8. The van der Waals surface area contributed by atoms with E-state index in [1.165, 1.54) is 6.07 Å². The molecule has 18 heavy (non-hydrogen) atoms. The van der Waals surface area contributed by atoms with Crippen LogP contribution in [0.2, 0.25) is 0 Å². The van der Waals surface area contributed by atoms with E-state index in [2.05, 4.69) is 4.90 Å². The van der Waals surface area contributed by atoms with Crippen LogP contribution in [0.4, 0.5) is 5.69 Å². The van der Waals surface area contributed by atoms with E-state index in [4.69, 9.17) is 0 Å². The minimum absolute atomic E-state index is 0.166. The van der Waals surface area contributed by atoms with Crippen molar-refractivity contribution in [2.75, 3.05) is 13.1 Å². The number of hydrogen-bond acceptors (Lipinski definition) is 4. The standard InChI is InChI=1S/C13H16N2O3/c16-13(11-5-6-11)8-14(9-13)7-10-3-1-2-4-12(10)15(17)18/h1-4,11,16H,5-9H2. The molecule has 1 aromatic rings. The number of nitro groups is 1. The Balaban J connectivity index is 1.66. The first-order valence-electron chi connectivity index (χ1n) is 6.25. The van der Waals surface area contributed by atoms with Gasteiger partial charge in [-0.2, -0.15) is 0 Å². The lowest BCUT2D eigenvalue weighted by molar-refractivity contribution is -0.385. The Morgan fingerprint density at radius 2 is 2.06 bits per heavy atom. The first-order valence-corrected chi connectivity index (χ1v) is 6.25. The number of hydrogen-bond donors (Lipinski definition) is 1. The lowest BCUT2D eigenvalue weighted by Crippen LogP contribution is -2.62. The fraction of sp³-hybridized carbons (Fsp3) is 0.538. The molecule has 0 atom stereocenters. The maximum atomic E-state index is 10.9. The Kier molecular flexibility index (Phi) is 2.60. The van der Waals surface area contributed by atoms with Crippen LogP contribution in [-0.2, 0) is 6.54 Å². The highest BCUT2D eigenvalue weighted by molar-refractivity contribution is 5.39. The lowest BCUT2D eigenvalue weighted by Gasteiger charge is -2.47. The second-order valence-electron chi connectivity index (χ2n) is 5.41.